The van der Waals surface area contributed by atoms with E-state index in [9.17, 15) is 22.9 Å². The lowest BCUT2D eigenvalue weighted by atomic mass is 9.41. The SMILES string of the molecule is CS(=O)(=O)Nc1ccc(-c2cccc(N(CC34CCC(c5ccc(C6(C#N)CC6)cc5)(CC3)OC4)C(=O)C34CC(F)(C3)C4)c2)cc1. The minimum absolute atomic E-state index is 0.00995. The second-order valence-corrected chi connectivity index (χ2v) is 16.7. The number of nitriles is 1. The Morgan fingerprint density at radius 1 is 0.913 bits per heavy atom. The van der Waals surface area contributed by atoms with Crippen LogP contribution >= 0.6 is 0 Å². The largest absolute Gasteiger partial charge is 0.370 e. The zero-order valence-corrected chi connectivity index (χ0v) is 26.8. The molecule has 2 aliphatic heterocycles. The third-order valence-electron chi connectivity index (χ3n) is 11.5. The second-order valence-electron chi connectivity index (χ2n) is 14.9. The van der Waals surface area contributed by atoms with Gasteiger partial charge in [-0.2, -0.15) is 5.26 Å². The van der Waals surface area contributed by atoms with E-state index in [2.05, 4.69) is 35.1 Å². The molecule has 9 heteroatoms. The number of fused-ring (bicyclic) bond motifs is 3. The molecule has 10 rings (SSSR count). The molecule has 5 aliphatic carbocycles. The Bertz CT molecular complexity index is 1830. The number of rotatable bonds is 9. The van der Waals surface area contributed by atoms with Gasteiger partial charge in [0.2, 0.25) is 15.9 Å². The number of alkyl halides is 1. The third-order valence-corrected chi connectivity index (χ3v) is 12.1. The van der Waals surface area contributed by atoms with Crippen molar-refractivity contribution in [2.24, 2.45) is 10.8 Å². The van der Waals surface area contributed by atoms with Crippen LogP contribution in [-0.2, 0) is 30.6 Å². The molecule has 0 atom stereocenters. The lowest BCUT2D eigenvalue weighted by Crippen LogP contribution is -2.71. The number of benzene rings is 3. The number of ether oxygens (including phenoxy) is 1. The number of hydrogen-bond acceptors (Lipinski definition) is 5. The van der Waals surface area contributed by atoms with Gasteiger partial charge in [-0.1, -0.05) is 48.5 Å². The van der Waals surface area contributed by atoms with Crippen molar-refractivity contribution in [3.05, 3.63) is 83.9 Å². The number of halogens is 1. The average molecular weight is 640 g/mol. The van der Waals surface area contributed by atoms with Gasteiger partial charge in [-0.05, 0) is 104 Å². The Labute approximate surface area is 269 Å². The summed E-state index contributed by atoms with van der Waals surface area (Å²) >= 11 is 0. The molecule has 0 aromatic heterocycles. The molecular weight excluding hydrogens is 601 g/mol. The van der Waals surface area contributed by atoms with Gasteiger partial charge >= 0.3 is 0 Å². The van der Waals surface area contributed by atoms with Gasteiger partial charge in [0.05, 0.1) is 35.4 Å². The Morgan fingerprint density at radius 2 is 1.57 bits per heavy atom. The molecule has 238 valence electrons. The first-order valence-electron chi connectivity index (χ1n) is 16.2. The number of carbonyl (C=O) groups is 1. The van der Waals surface area contributed by atoms with Crippen molar-refractivity contribution < 1.29 is 22.3 Å². The molecule has 1 amide bonds. The maximum atomic E-state index is 14.6. The van der Waals surface area contributed by atoms with Crippen LogP contribution in [0.2, 0.25) is 0 Å². The molecule has 2 heterocycles. The van der Waals surface area contributed by atoms with Crippen molar-refractivity contribution in [2.75, 3.05) is 29.0 Å². The average Bonchev–Trinajstić information content (AvgIpc) is 3.84. The smallest absolute Gasteiger partial charge is 0.233 e. The predicted octanol–water partition coefficient (Wildman–Crippen LogP) is 6.99. The topological polar surface area (TPSA) is 99.5 Å². The van der Waals surface area contributed by atoms with Crippen LogP contribution in [0, 0.1) is 22.2 Å². The van der Waals surface area contributed by atoms with Crippen LogP contribution in [0.25, 0.3) is 11.1 Å². The van der Waals surface area contributed by atoms with Gasteiger partial charge in [-0.25, -0.2) is 12.8 Å². The van der Waals surface area contributed by atoms with Crippen LogP contribution in [0.15, 0.2) is 72.8 Å². The number of amides is 1. The normalized spacial score (nSPS) is 31.6. The first-order chi connectivity index (χ1) is 21.9. The number of anilines is 2. The highest BCUT2D eigenvalue weighted by molar-refractivity contribution is 7.92. The lowest BCUT2D eigenvalue weighted by molar-refractivity contribution is -0.213. The zero-order chi connectivity index (χ0) is 32.0. The lowest BCUT2D eigenvalue weighted by Gasteiger charge is -2.65. The Hall–Kier alpha value is -3.74. The van der Waals surface area contributed by atoms with E-state index in [-0.39, 0.29) is 22.3 Å². The number of hydrogen-bond donors (Lipinski definition) is 1. The minimum Gasteiger partial charge on any atom is -0.370 e. The van der Waals surface area contributed by atoms with Crippen molar-refractivity contribution in [3.8, 4) is 17.2 Å². The van der Waals surface area contributed by atoms with Gasteiger partial charge in [-0.15, -0.1) is 0 Å². The minimum atomic E-state index is -3.38. The Kier molecular flexibility index (Phi) is 6.37. The Balaban J connectivity index is 1.04. The molecule has 1 N–H and O–H groups in total. The molecule has 0 unspecified atom stereocenters. The van der Waals surface area contributed by atoms with E-state index >= 15 is 0 Å². The zero-order valence-electron chi connectivity index (χ0n) is 26.0. The van der Waals surface area contributed by atoms with E-state index in [1.807, 2.05) is 41.3 Å². The highest BCUT2D eigenvalue weighted by Gasteiger charge is 2.73. The van der Waals surface area contributed by atoms with E-state index in [4.69, 9.17) is 4.74 Å². The number of nitrogens with one attached hydrogen (secondary N) is 1. The van der Waals surface area contributed by atoms with Crippen LogP contribution < -0.4 is 9.62 Å². The molecule has 4 bridgehead atoms. The number of sulfonamides is 1. The summed E-state index contributed by atoms with van der Waals surface area (Å²) in [5.74, 6) is 0.00995. The molecule has 3 aromatic carbocycles. The maximum absolute atomic E-state index is 14.6. The first-order valence-corrected chi connectivity index (χ1v) is 18.1. The van der Waals surface area contributed by atoms with Gasteiger partial charge in [0.15, 0.2) is 0 Å². The molecule has 3 aromatic rings. The predicted molar refractivity (Wildman–Crippen MR) is 174 cm³/mol. The van der Waals surface area contributed by atoms with Crippen LogP contribution in [0.5, 0.6) is 0 Å². The quantitative estimate of drug-likeness (QED) is 0.272. The van der Waals surface area contributed by atoms with Gasteiger partial charge in [-0.3, -0.25) is 9.52 Å². The van der Waals surface area contributed by atoms with Crippen LogP contribution in [0.4, 0.5) is 15.8 Å². The summed E-state index contributed by atoms with van der Waals surface area (Å²) in [7, 11) is -3.38. The van der Waals surface area contributed by atoms with E-state index in [0.717, 1.165) is 67.2 Å². The summed E-state index contributed by atoms with van der Waals surface area (Å²) in [6.45, 7) is 1.07. The van der Waals surface area contributed by atoms with E-state index in [0.29, 0.717) is 38.1 Å². The number of nitrogens with zero attached hydrogens (tertiary/aromatic N) is 2. The molecule has 0 radical (unpaired) electrons. The molecule has 7 aliphatic rings. The highest BCUT2D eigenvalue weighted by atomic mass is 32.2. The van der Waals surface area contributed by atoms with Crippen LogP contribution in [0.1, 0.15) is 68.9 Å². The van der Waals surface area contributed by atoms with E-state index in [1.165, 1.54) is 5.56 Å². The van der Waals surface area contributed by atoms with Gasteiger partial charge in [0, 0.05) is 23.3 Å². The van der Waals surface area contributed by atoms with E-state index in [1.54, 1.807) is 12.1 Å². The van der Waals surface area contributed by atoms with Crippen molar-refractivity contribution in [1.29, 1.82) is 5.26 Å². The molecule has 0 spiro atoms. The summed E-state index contributed by atoms with van der Waals surface area (Å²) < 4.78 is 47.1. The molecule has 5 saturated carbocycles. The molecule has 2 saturated heterocycles. The Morgan fingerprint density at radius 3 is 2.11 bits per heavy atom. The fraction of sp³-hybridized carbons (Fsp3) is 0.459. The van der Waals surface area contributed by atoms with Crippen molar-refractivity contribution in [1.82, 2.24) is 0 Å². The molecular formula is C37H38FN3O4S. The van der Waals surface area contributed by atoms with Crippen LogP contribution in [-0.4, -0.2) is 39.4 Å². The van der Waals surface area contributed by atoms with Gasteiger partial charge < -0.3 is 9.64 Å². The standard InChI is InChI=1S/C37H38FN3O4S/c1-46(43,44)40-30-11-5-26(6-12-30)27-3-2-4-31(19-27)41(32(42)35-20-36(38,21-35)22-35)24-33-13-17-37(18-14-33,45-25-33)29-9-7-28(8-10-29)34(23-39)15-16-34/h2-12,19,40H,13-18,20-22,24-25H2,1H3. The highest BCUT2D eigenvalue weighted by Crippen LogP contribution is 2.70. The third kappa shape index (κ3) is 4.84. The second kappa shape index (κ2) is 9.88. The summed E-state index contributed by atoms with van der Waals surface area (Å²) in [5.41, 5.74) is 2.71. The van der Waals surface area contributed by atoms with E-state index < -0.39 is 21.1 Å². The summed E-state index contributed by atoms with van der Waals surface area (Å²) in [6, 6.07) is 26.0. The summed E-state index contributed by atoms with van der Waals surface area (Å²) in [4.78, 5) is 16.2. The molecule has 46 heavy (non-hydrogen) atoms. The summed E-state index contributed by atoms with van der Waals surface area (Å²) in [6.07, 6.45) is 7.47. The van der Waals surface area contributed by atoms with Crippen molar-refractivity contribution >= 4 is 27.3 Å². The first kappa shape index (κ1) is 29.6. The monoisotopic (exact) mass is 639 g/mol. The fourth-order valence-corrected chi connectivity index (χ4v) is 9.18. The molecule has 7 fully saturated rings. The molecule has 7 nitrogen and oxygen atoms in total. The van der Waals surface area contributed by atoms with Crippen molar-refractivity contribution in [3.63, 3.8) is 0 Å². The fourth-order valence-electron chi connectivity index (χ4n) is 8.61. The van der Waals surface area contributed by atoms with Gasteiger partial charge in [0.25, 0.3) is 0 Å². The van der Waals surface area contributed by atoms with Crippen molar-refractivity contribution in [2.45, 2.75) is 74.5 Å². The summed E-state index contributed by atoms with van der Waals surface area (Å²) in [5, 5.41) is 9.61. The van der Waals surface area contributed by atoms with Crippen LogP contribution in [0.3, 0.4) is 0 Å². The maximum Gasteiger partial charge on any atom is 0.233 e. The van der Waals surface area contributed by atoms with Gasteiger partial charge in [0.1, 0.15) is 5.67 Å². The number of carbonyl (C=O) groups excluding carboxylic acids is 1.